The molecule has 0 unspecified atom stereocenters. The number of nitrogens with one attached hydrogen (secondary N) is 1. The molecule has 1 saturated carbocycles. The second-order valence-corrected chi connectivity index (χ2v) is 6.43. The van der Waals surface area contributed by atoms with Crippen molar-refractivity contribution in [1.29, 1.82) is 0 Å². The average Bonchev–Trinajstić information content (AvgIpc) is 3.10. The van der Waals surface area contributed by atoms with Crippen LogP contribution in [0.15, 0.2) is 24.3 Å². The summed E-state index contributed by atoms with van der Waals surface area (Å²) in [7, 11) is 0. The first-order valence-corrected chi connectivity index (χ1v) is 7.48. The van der Waals surface area contributed by atoms with Crippen LogP contribution in [0.5, 0.6) is 5.75 Å². The topological polar surface area (TPSA) is 21.3 Å². The van der Waals surface area contributed by atoms with E-state index in [4.69, 9.17) is 4.74 Å². The van der Waals surface area contributed by atoms with E-state index in [-0.39, 0.29) is 6.10 Å². The van der Waals surface area contributed by atoms with Gasteiger partial charge < -0.3 is 10.1 Å². The maximum atomic E-state index is 5.72. The quantitative estimate of drug-likeness (QED) is 0.801. The molecule has 1 fully saturated rings. The molecule has 0 aromatic heterocycles. The molecule has 0 saturated heterocycles. The lowest BCUT2D eigenvalue weighted by Gasteiger charge is -2.20. The molecule has 2 heteroatoms. The molecule has 106 valence electrons. The lowest BCUT2D eigenvalue weighted by molar-refractivity contribution is 0.242. The molecule has 0 bridgehead atoms. The third-order valence-corrected chi connectivity index (χ3v) is 4.19. The maximum absolute atomic E-state index is 5.72. The van der Waals surface area contributed by atoms with Gasteiger partial charge in [-0.05, 0) is 55.7 Å². The Morgan fingerprint density at radius 2 is 1.95 bits per heavy atom. The molecule has 2 rings (SSSR count). The zero-order chi connectivity index (χ0) is 13.9. The summed E-state index contributed by atoms with van der Waals surface area (Å²) < 4.78 is 5.72. The van der Waals surface area contributed by atoms with Crippen LogP contribution >= 0.6 is 0 Å². The summed E-state index contributed by atoms with van der Waals surface area (Å²) in [5, 5.41) is 3.61. The molecule has 1 N–H and O–H groups in total. The van der Waals surface area contributed by atoms with E-state index in [0.717, 1.165) is 24.8 Å². The third-order valence-electron chi connectivity index (χ3n) is 4.19. The minimum atomic E-state index is 0.235. The van der Waals surface area contributed by atoms with Gasteiger partial charge in [-0.1, -0.05) is 26.0 Å². The molecule has 0 spiro atoms. The maximum Gasteiger partial charge on any atom is 0.120 e. The summed E-state index contributed by atoms with van der Waals surface area (Å²) in [6.07, 6.45) is 3.00. The van der Waals surface area contributed by atoms with Crippen molar-refractivity contribution in [3.05, 3.63) is 29.8 Å². The molecule has 1 aliphatic rings. The number of hydrogen-bond donors (Lipinski definition) is 1. The van der Waals surface area contributed by atoms with Crippen LogP contribution in [0.2, 0.25) is 0 Å². The van der Waals surface area contributed by atoms with Gasteiger partial charge in [0.2, 0.25) is 0 Å². The van der Waals surface area contributed by atoms with Crippen molar-refractivity contribution in [3.8, 4) is 5.75 Å². The Hall–Kier alpha value is -1.02. The van der Waals surface area contributed by atoms with Crippen LogP contribution in [0.4, 0.5) is 0 Å². The standard InChI is InChI=1S/C17H27NO/c1-13(2)17(8-9-17)12-18-11-15-6-5-7-16(10-15)19-14(3)4/h5-7,10,13-14,18H,8-9,11-12H2,1-4H3. The summed E-state index contributed by atoms with van der Waals surface area (Å²) >= 11 is 0. The van der Waals surface area contributed by atoms with E-state index in [0.29, 0.717) is 5.41 Å². The minimum absolute atomic E-state index is 0.235. The Balaban J connectivity index is 1.83. The highest BCUT2D eigenvalue weighted by Crippen LogP contribution is 2.51. The first-order valence-electron chi connectivity index (χ1n) is 7.48. The van der Waals surface area contributed by atoms with Gasteiger partial charge in [-0.3, -0.25) is 0 Å². The second kappa shape index (κ2) is 5.96. The Labute approximate surface area is 117 Å². The highest BCUT2D eigenvalue weighted by atomic mass is 16.5. The second-order valence-electron chi connectivity index (χ2n) is 6.43. The summed E-state index contributed by atoms with van der Waals surface area (Å²) in [5.41, 5.74) is 1.88. The van der Waals surface area contributed by atoms with E-state index < -0.39 is 0 Å². The minimum Gasteiger partial charge on any atom is -0.491 e. The van der Waals surface area contributed by atoms with Crippen LogP contribution in [0, 0.1) is 11.3 Å². The molecule has 2 nitrogen and oxygen atoms in total. The van der Waals surface area contributed by atoms with Crippen molar-refractivity contribution in [1.82, 2.24) is 5.32 Å². The zero-order valence-corrected chi connectivity index (χ0v) is 12.7. The van der Waals surface area contributed by atoms with Crippen LogP contribution in [0.3, 0.4) is 0 Å². The van der Waals surface area contributed by atoms with E-state index in [1.54, 1.807) is 0 Å². The summed E-state index contributed by atoms with van der Waals surface area (Å²) in [6.45, 7) is 10.9. The van der Waals surface area contributed by atoms with Gasteiger partial charge in [0.25, 0.3) is 0 Å². The molecule has 0 heterocycles. The van der Waals surface area contributed by atoms with Crippen molar-refractivity contribution in [2.24, 2.45) is 11.3 Å². The molecule has 0 aliphatic heterocycles. The molecule has 0 atom stereocenters. The van der Waals surface area contributed by atoms with Gasteiger partial charge in [0, 0.05) is 13.1 Å². The van der Waals surface area contributed by atoms with E-state index >= 15 is 0 Å². The lowest BCUT2D eigenvalue weighted by atomic mass is 9.92. The fraction of sp³-hybridized carbons (Fsp3) is 0.647. The van der Waals surface area contributed by atoms with Gasteiger partial charge in [0.1, 0.15) is 5.75 Å². The van der Waals surface area contributed by atoms with Crippen molar-refractivity contribution < 1.29 is 4.74 Å². The van der Waals surface area contributed by atoms with Crippen molar-refractivity contribution in [3.63, 3.8) is 0 Å². The van der Waals surface area contributed by atoms with Crippen LogP contribution in [-0.2, 0) is 6.54 Å². The van der Waals surface area contributed by atoms with Gasteiger partial charge in [0.05, 0.1) is 6.10 Å². The number of rotatable bonds is 7. The highest BCUT2D eigenvalue weighted by molar-refractivity contribution is 5.28. The predicted molar refractivity (Wildman–Crippen MR) is 80.4 cm³/mol. The van der Waals surface area contributed by atoms with Crippen molar-refractivity contribution in [2.75, 3.05) is 6.54 Å². The van der Waals surface area contributed by atoms with Gasteiger partial charge in [-0.2, -0.15) is 0 Å². The predicted octanol–water partition coefficient (Wildman–Crippen LogP) is 4.00. The molecule has 0 radical (unpaired) electrons. The van der Waals surface area contributed by atoms with E-state index in [1.165, 1.54) is 18.4 Å². The molecule has 19 heavy (non-hydrogen) atoms. The Kier molecular flexibility index (Phi) is 4.51. The SMILES string of the molecule is CC(C)Oc1cccc(CNCC2(C(C)C)CC2)c1. The molecule has 1 aliphatic carbocycles. The Bertz CT molecular complexity index is 407. The first kappa shape index (κ1) is 14.4. The Morgan fingerprint density at radius 3 is 2.53 bits per heavy atom. The molecule has 1 aromatic rings. The Morgan fingerprint density at radius 1 is 1.21 bits per heavy atom. The van der Waals surface area contributed by atoms with Crippen LogP contribution in [0.1, 0.15) is 46.1 Å². The third kappa shape index (κ3) is 3.97. The van der Waals surface area contributed by atoms with E-state index in [2.05, 4.69) is 51.2 Å². The monoisotopic (exact) mass is 261 g/mol. The van der Waals surface area contributed by atoms with Gasteiger partial charge in [-0.15, -0.1) is 0 Å². The number of benzene rings is 1. The lowest BCUT2D eigenvalue weighted by Crippen LogP contribution is -2.27. The van der Waals surface area contributed by atoms with Crippen LogP contribution < -0.4 is 10.1 Å². The smallest absolute Gasteiger partial charge is 0.120 e. The fourth-order valence-electron chi connectivity index (χ4n) is 2.58. The summed E-state index contributed by atoms with van der Waals surface area (Å²) in [5.74, 6) is 1.76. The summed E-state index contributed by atoms with van der Waals surface area (Å²) in [6, 6.07) is 8.40. The van der Waals surface area contributed by atoms with Crippen molar-refractivity contribution >= 4 is 0 Å². The van der Waals surface area contributed by atoms with E-state index in [1.807, 2.05) is 6.07 Å². The zero-order valence-electron chi connectivity index (χ0n) is 12.7. The van der Waals surface area contributed by atoms with Gasteiger partial charge in [-0.25, -0.2) is 0 Å². The average molecular weight is 261 g/mol. The fourth-order valence-corrected chi connectivity index (χ4v) is 2.58. The molecule has 1 aromatic carbocycles. The molecular weight excluding hydrogens is 234 g/mol. The number of hydrogen-bond acceptors (Lipinski definition) is 2. The molecule has 0 amide bonds. The van der Waals surface area contributed by atoms with Gasteiger partial charge in [0.15, 0.2) is 0 Å². The highest BCUT2D eigenvalue weighted by Gasteiger charge is 2.44. The largest absolute Gasteiger partial charge is 0.491 e. The number of ether oxygens (including phenoxy) is 1. The van der Waals surface area contributed by atoms with E-state index in [9.17, 15) is 0 Å². The summed E-state index contributed by atoms with van der Waals surface area (Å²) in [4.78, 5) is 0. The van der Waals surface area contributed by atoms with Crippen molar-refractivity contribution in [2.45, 2.75) is 53.2 Å². The first-order chi connectivity index (χ1) is 9.02. The van der Waals surface area contributed by atoms with Crippen LogP contribution in [-0.4, -0.2) is 12.6 Å². The normalized spacial score (nSPS) is 16.9. The van der Waals surface area contributed by atoms with Crippen LogP contribution in [0.25, 0.3) is 0 Å². The molecular formula is C17H27NO. The van der Waals surface area contributed by atoms with Gasteiger partial charge >= 0.3 is 0 Å².